The van der Waals surface area contributed by atoms with Gasteiger partial charge < -0.3 is 14.8 Å². The van der Waals surface area contributed by atoms with Gasteiger partial charge in [0.05, 0.1) is 12.2 Å². The van der Waals surface area contributed by atoms with E-state index in [4.69, 9.17) is 9.47 Å². The third-order valence-electron chi connectivity index (χ3n) is 3.50. The second-order valence-electron chi connectivity index (χ2n) is 5.78. The zero-order valence-corrected chi connectivity index (χ0v) is 14.7. The van der Waals surface area contributed by atoms with Gasteiger partial charge in [-0.15, -0.1) is 0 Å². The van der Waals surface area contributed by atoms with Crippen molar-refractivity contribution in [3.05, 3.63) is 59.7 Å². The molecule has 0 fully saturated rings. The van der Waals surface area contributed by atoms with Gasteiger partial charge in [-0.05, 0) is 62.2 Å². The van der Waals surface area contributed by atoms with E-state index in [-0.39, 0.29) is 11.9 Å². The van der Waals surface area contributed by atoms with E-state index < -0.39 is 6.10 Å². The van der Waals surface area contributed by atoms with Gasteiger partial charge in [0.15, 0.2) is 6.10 Å². The van der Waals surface area contributed by atoms with E-state index in [9.17, 15) is 9.59 Å². The molecule has 0 aromatic heterocycles. The predicted molar refractivity (Wildman–Crippen MR) is 96.9 cm³/mol. The molecule has 5 nitrogen and oxygen atoms in total. The van der Waals surface area contributed by atoms with Crippen molar-refractivity contribution in [2.24, 2.45) is 0 Å². The zero-order chi connectivity index (χ0) is 18.2. The third-order valence-corrected chi connectivity index (χ3v) is 3.50. The van der Waals surface area contributed by atoms with Gasteiger partial charge in [-0.3, -0.25) is 4.79 Å². The number of rotatable bonds is 7. The Balaban J connectivity index is 1.92. The summed E-state index contributed by atoms with van der Waals surface area (Å²) in [5, 5.41) is 2.77. The Morgan fingerprint density at radius 1 is 1.12 bits per heavy atom. The smallest absolute Gasteiger partial charge is 0.338 e. The summed E-state index contributed by atoms with van der Waals surface area (Å²) < 4.78 is 10.7. The monoisotopic (exact) mass is 341 g/mol. The summed E-state index contributed by atoms with van der Waals surface area (Å²) >= 11 is 0. The first-order chi connectivity index (χ1) is 12.0. The molecule has 1 unspecified atom stereocenters. The zero-order valence-electron chi connectivity index (χ0n) is 14.7. The molecule has 0 saturated heterocycles. The molecule has 0 saturated carbocycles. The first kappa shape index (κ1) is 18.5. The minimum absolute atomic E-state index is 0.261. The summed E-state index contributed by atoms with van der Waals surface area (Å²) in [6, 6.07) is 14.1. The Morgan fingerprint density at radius 3 is 2.48 bits per heavy atom. The summed E-state index contributed by atoms with van der Waals surface area (Å²) in [5.74, 6) is 0.0235. The van der Waals surface area contributed by atoms with Crippen molar-refractivity contribution in [2.45, 2.75) is 33.3 Å². The fourth-order valence-corrected chi connectivity index (χ4v) is 2.16. The number of benzene rings is 2. The summed E-state index contributed by atoms with van der Waals surface area (Å²) in [6.45, 7) is 5.98. The molecule has 132 valence electrons. The van der Waals surface area contributed by atoms with Crippen LogP contribution in [0.1, 0.15) is 36.2 Å². The molecule has 1 atom stereocenters. The molecule has 0 heterocycles. The first-order valence-corrected chi connectivity index (χ1v) is 8.31. The van der Waals surface area contributed by atoms with E-state index in [1.54, 1.807) is 31.2 Å². The largest absolute Gasteiger partial charge is 0.481 e. The van der Waals surface area contributed by atoms with Crippen LogP contribution in [0.4, 0.5) is 5.69 Å². The molecule has 0 spiro atoms. The van der Waals surface area contributed by atoms with Crippen LogP contribution in [0.5, 0.6) is 5.75 Å². The Labute approximate surface area is 148 Å². The van der Waals surface area contributed by atoms with Crippen molar-refractivity contribution in [2.75, 3.05) is 11.9 Å². The fourth-order valence-electron chi connectivity index (χ4n) is 2.16. The molecular weight excluding hydrogens is 318 g/mol. The summed E-state index contributed by atoms with van der Waals surface area (Å²) in [4.78, 5) is 24.0. The lowest BCUT2D eigenvalue weighted by molar-refractivity contribution is -0.122. The van der Waals surface area contributed by atoms with Gasteiger partial charge in [-0.25, -0.2) is 4.79 Å². The first-order valence-electron chi connectivity index (χ1n) is 8.31. The van der Waals surface area contributed by atoms with Crippen LogP contribution >= 0.6 is 0 Å². The Morgan fingerprint density at radius 2 is 1.84 bits per heavy atom. The topological polar surface area (TPSA) is 64.6 Å². The van der Waals surface area contributed by atoms with Crippen LogP contribution < -0.4 is 10.1 Å². The lowest BCUT2D eigenvalue weighted by atomic mass is 10.2. The molecule has 1 amide bonds. The average molecular weight is 341 g/mol. The van der Waals surface area contributed by atoms with Crippen molar-refractivity contribution < 1.29 is 19.1 Å². The highest BCUT2D eigenvalue weighted by Gasteiger charge is 2.15. The van der Waals surface area contributed by atoms with Crippen LogP contribution in [-0.2, 0) is 9.53 Å². The molecule has 0 radical (unpaired) electrons. The van der Waals surface area contributed by atoms with Gasteiger partial charge in [0.1, 0.15) is 5.75 Å². The van der Waals surface area contributed by atoms with E-state index in [1.165, 1.54) is 0 Å². The predicted octanol–water partition coefficient (Wildman–Crippen LogP) is 3.97. The van der Waals surface area contributed by atoms with Crippen LogP contribution in [0, 0.1) is 6.92 Å². The SMILES string of the molecule is CCCOC(=O)c1ccc(NC(=O)C(C)Oc2cccc(C)c2)cc1. The quantitative estimate of drug-likeness (QED) is 0.774. The van der Waals surface area contributed by atoms with E-state index in [0.29, 0.717) is 23.6 Å². The number of hydrogen-bond donors (Lipinski definition) is 1. The number of amides is 1. The van der Waals surface area contributed by atoms with Gasteiger partial charge in [-0.2, -0.15) is 0 Å². The van der Waals surface area contributed by atoms with E-state index >= 15 is 0 Å². The number of esters is 1. The minimum Gasteiger partial charge on any atom is -0.481 e. The molecule has 1 N–H and O–H groups in total. The van der Waals surface area contributed by atoms with Crippen molar-refractivity contribution in [3.8, 4) is 5.75 Å². The van der Waals surface area contributed by atoms with Crippen LogP contribution in [0.3, 0.4) is 0 Å². The lowest BCUT2D eigenvalue weighted by Crippen LogP contribution is -2.30. The number of carbonyl (C=O) groups excluding carboxylic acids is 2. The fraction of sp³-hybridized carbons (Fsp3) is 0.300. The van der Waals surface area contributed by atoms with Crippen LogP contribution in [-0.4, -0.2) is 24.6 Å². The number of nitrogens with one attached hydrogen (secondary N) is 1. The second-order valence-corrected chi connectivity index (χ2v) is 5.78. The maximum Gasteiger partial charge on any atom is 0.338 e. The van der Waals surface area contributed by atoms with Gasteiger partial charge in [0.25, 0.3) is 5.91 Å². The van der Waals surface area contributed by atoms with Crippen molar-refractivity contribution in [1.29, 1.82) is 0 Å². The summed E-state index contributed by atoms with van der Waals surface area (Å²) in [7, 11) is 0. The molecule has 0 aliphatic carbocycles. The van der Waals surface area contributed by atoms with Gasteiger partial charge in [-0.1, -0.05) is 19.1 Å². The molecule has 25 heavy (non-hydrogen) atoms. The van der Waals surface area contributed by atoms with Gasteiger partial charge in [0, 0.05) is 5.69 Å². The molecule has 0 bridgehead atoms. The number of ether oxygens (including phenoxy) is 2. The normalized spacial score (nSPS) is 11.5. The minimum atomic E-state index is -0.643. The maximum absolute atomic E-state index is 12.2. The third kappa shape index (κ3) is 5.64. The van der Waals surface area contributed by atoms with Crippen LogP contribution in [0.15, 0.2) is 48.5 Å². The molecule has 2 aromatic rings. The molecule has 2 rings (SSSR count). The highest BCUT2D eigenvalue weighted by Crippen LogP contribution is 2.16. The van der Waals surface area contributed by atoms with Crippen LogP contribution in [0.2, 0.25) is 0 Å². The highest BCUT2D eigenvalue weighted by atomic mass is 16.5. The van der Waals surface area contributed by atoms with Gasteiger partial charge in [0.2, 0.25) is 0 Å². The van der Waals surface area contributed by atoms with Gasteiger partial charge >= 0.3 is 5.97 Å². The molecule has 2 aromatic carbocycles. The van der Waals surface area contributed by atoms with E-state index in [2.05, 4.69) is 5.32 Å². The maximum atomic E-state index is 12.2. The summed E-state index contributed by atoms with van der Waals surface area (Å²) in [5.41, 5.74) is 2.11. The average Bonchev–Trinajstić information content (AvgIpc) is 2.60. The molecular formula is C20H23NO4. The molecule has 0 aliphatic heterocycles. The number of aryl methyl sites for hydroxylation is 1. The highest BCUT2D eigenvalue weighted by molar-refractivity contribution is 5.95. The Bertz CT molecular complexity index is 725. The summed E-state index contributed by atoms with van der Waals surface area (Å²) in [6.07, 6.45) is 0.134. The molecule has 0 aliphatic rings. The number of carbonyl (C=O) groups is 2. The van der Waals surface area contributed by atoms with Crippen molar-refractivity contribution in [3.63, 3.8) is 0 Å². The Hall–Kier alpha value is -2.82. The Kier molecular flexibility index (Phi) is 6.57. The van der Waals surface area contributed by atoms with E-state index in [1.807, 2.05) is 38.1 Å². The van der Waals surface area contributed by atoms with Crippen molar-refractivity contribution >= 4 is 17.6 Å². The number of hydrogen-bond acceptors (Lipinski definition) is 4. The standard InChI is InChI=1S/C20H23NO4/c1-4-12-24-20(23)16-8-10-17(11-9-16)21-19(22)15(3)25-18-7-5-6-14(2)13-18/h5-11,13,15H,4,12H2,1-3H3,(H,21,22). The van der Waals surface area contributed by atoms with Crippen LogP contribution in [0.25, 0.3) is 0 Å². The lowest BCUT2D eigenvalue weighted by Gasteiger charge is -2.15. The molecule has 5 heteroatoms. The number of anilines is 1. The van der Waals surface area contributed by atoms with E-state index in [0.717, 1.165) is 12.0 Å². The second kappa shape index (κ2) is 8.87. The van der Waals surface area contributed by atoms with Crippen molar-refractivity contribution in [1.82, 2.24) is 0 Å².